The Kier molecular flexibility index (Phi) is 10.6. The van der Waals surface area contributed by atoms with Crippen molar-refractivity contribution in [1.82, 2.24) is 25.2 Å². The van der Waals surface area contributed by atoms with Crippen molar-refractivity contribution in [2.75, 3.05) is 54.9 Å². The molecule has 0 radical (unpaired) electrons. The van der Waals surface area contributed by atoms with Gasteiger partial charge in [0.1, 0.15) is 24.4 Å². The molecule has 2 unspecified atom stereocenters. The molecule has 3 aromatic heterocycles. The van der Waals surface area contributed by atoms with E-state index in [9.17, 15) is 15.0 Å². The number of nitrogens with two attached hydrogens (primary N) is 1. The second kappa shape index (κ2) is 15.9. The molecule has 1 aromatic carbocycles. The molecule has 3 saturated heterocycles. The van der Waals surface area contributed by atoms with E-state index in [4.69, 9.17) is 24.5 Å². The summed E-state index contributed by atoms with van der Waals surface area (Å²) in [6, 6.07) is 15.4. The fraction of sp³-hybridized carbons (Fsp3) is 0.525. The lowest BCUT2D eigenvalue weighted by atomic mass is 9.91. The maximum absolute atomic E-state index is 11.6. The number of ether oxygens (including phenoxy) is 3. The van der Waals surface area contributed by atoms with Crippen molar-refractivity contribution in [2.24, 2.45) is 5.92 Å². The number of piperazine rings is 1. The number of likely N-dealkylation sites (tertiary alicyclic amines) is 1. The van der Waals surface area contributed by atoms with Crippen molar-refractivity contribution in [3.8, 4) is 28.8 Å². The van der Waals surface area contributed by atoms with E-state index in [0.29, 0.717) is 53.3 Å². The Labute approximate surface area is 320 Å². The van der Waals surface area contributed by atoms with Crippen LogP contribution in [0.1, 0.15) is 64.1 Å². The first-order valence-electron chi connectivity index (χ1n) is 19.5. The van der Waals surface area contributed by atoms with E-state index >= 15 is 0 Å². The highest BCUT2D eigenvalue weighted by molar-refractivity contribution is 5.76. The number of hydrogen-bond acceptors (Lipinski definition) is 14. The second-order valence-corrected chi connectivity index (χ2v) is 15.6. The molecule has 15 heteroatoms. The monoisotopic (exact) mass is 754 g/mol. The van der Waals surface area contributed by atoms with Crippen LogP contribution in [0.3, 0.4) is 0 Å². The van der Waals surface area contributed by atoms with E-state index in [1.165, 1.54) is 0 Å². The summed E-state index contributed by atoms with van der Waals surface area (Å²) >= 11 is 0. The van der Waals surface area contributed by atoms with E-state index in [1.54, 1.807) is 18.2 Å². The summed E-state index contributed by atoms with van der Waals surface area (Å²) in [5.74, 6) is 0.0476. The number of piperidine rings is 1. The van der Waals surface area contributed by atoms with Gasteiger partial charge in [0.15, 0.2) is 11.6 Å². The number of nitrogen functional groups attached to an aromatic ring is 1. The fourth-order valence-corrected chi connectivity index (χ4v) is 8.55. The maximum atomic E-state index is 11.6. The summed E-state index contributed by atoms with van der Waals surface area (Å²) in [6.45, 7) is 8.35. The van der Waals surface area contributed by atoms with Crippen LogP contribution in [0.2, 0.25) is 0 Å². The van der Waals surface area contributed by atoms with E-state index < -0.39 is 11.9 Å². The van der Waals surface area contributed by atoms with Crippen molar-refractivity contribution < 1.29 is 33.7 Å². The predicted octanol–water partition coefficient (Wildman–Crippen LogP) is 4.97. The number of para-hydroxylation sites is 1. The predicted molar refractivity (Wildman–Crippen MR) is 204 cm³/mol. The smallest absolute Gasteiger partial charge is 0.314 e. The number of carbonyl (C=O) groups is 1. The van der Waals surface area contributed by atoms with Crippen LogP contribution in [0.25, 0.3) is 11.3 Å². The van der Waals surface area contributed by atoms with Gasteiger partial charge in [-0.1, -0.05) is 26.0 Å². The third-order valence-corrected chi connectivity index (χ3v) is 11.5. The zero-order valence-electron chi connectivity index (χ0n) is 31.4. The molecule has 1 saturated carbocycles. The molecule has 2 bridgehead atoms. The summed E-state index contributed by atoms with van der Waals surface area (Å²) in [5, 5.41) is 32.3. The van der Waals surface area contributed by atoms with Crippen LogP contribution in [0.15, 0.2) is 59.3 Å². The lowest BCUT2D eigenvalue weighted by Gasteiger charge is -2.43. The highest BCUT2D eigenvalue weighted by atomic mass is 16.5. The number of pyridine rings is 1. The third kappa shape index (κ3) is 8.13. The molecule has 4 aliphatic rings. The molecule has 0 spiro atoms. The number of aromatic hydroxyl groups is 1. The van der Waals surface area contributed by atoms with Crippen molar-refractivity contribution in [3.05, 3.63) is 60.5 Å². The minimum Gasteiger partial charge on any atom is -0.507 e. The van der Waals surface area contributed by atoms with Crippen LogP contribution >= 0.6 is 0 Å². The lowest BCUT2D eigenvalue weighted by molar-refractivity contribution is -0.140. The molecule has 1 aliphatic carbocycles. The van der Waals surface area contributed by atoms with Gasteiger partial charge in [0.25, 0.3) is 5.88 Å². The van der Waals surface area contributed by atoms with E-state index in [1.807, 2.05) is 38.2 Å². The Morgan fingerprint density at radius 2 is 1.73 bits per heavy atom. The summed E-state index contributed by atoms with van der Waals surface area (Å²) in [5.41, 5.74) is 9.55. The van der Waals surface area contributed by atoms with E-state index in [2.05, 4.69) is 47.2 Å². The Bertz CT molecular complexity index is 1930. The molecule has 6 heterocycles. The zero-order valence-corrected chi connectivity index (χ0v) is 31.4. The van der Waals surface area contributed by atoms with Gasteiger partial charge in [-0.3, -0.25) is 9.69 Å². The molecule has 4 N–H and O–H groups in total. The number of hydrogen-bond donors (Lipinski definition) is 3. The Morgan fingerprint density at radius 1 is 0.964 bits per heavy atom. The van der Waals surface area contributed by atoms with Gasteiger partial charge in [0, 0.05) is 87.2 Å². The normalized spacial score (nSPS) is 23.5. The molecule has 4 aromatic rings. The summed E-state index contributed by atoms with van der Waals surface area (Å²) in [7, 11) is 0. The van der Waals surface area contributed by atoms with Crippen LogP contribution in [-0.2, 0) is 9.53 Å². The molecule has 55 heavy (non-hydrogen) atoms. The van der Waals surface area contributed by atoms with Gasteiger partial charge in [-0.2, -0.15) is 0 Å². The largest absolute Gasteiger partial charge is 0.507 e. The van der Waals surface area contributed by atoms with Crippen LogP contribution < -0.4 is 25.0 Å². The molecule has 15 nitrogen and oxygen atoms in total. The quantitative estimate of drug-likeness (QED) is 0.157. The minimum absolute atomic E-state index is 0.0855. The van der Waals surface area contributed by atoms with Gasteiger partial charge in [0.2, 0.25) is 5.88 Å². The van der Waals surface area contributed by atoms with Gasteiger partial charge >= 0.3 is 5.97 Å². The lowest BCUT2D eigenvalue weighted by Crippen LogP contribution is -2.54. The van der Waals surface area contributed by atoms with Crippen LogP contribution in [-0.4, -0.2) is 111 Å². The average Bonchev–Trinajstić information content (AvgIpc) is 3.72. The standard InChI is InChI=1S/C40H50N8O7/c1-24(2)38(40(50)51)35-21-37(45-55-35)52-16-15-46-13-10-28(11-14-46)53-29-18-30(19-29)54-36-17-25(9-12-42-36)48-26-7-8-27(48)23-47(22-26)33-20-32(43-44-39(33)41)31-5-3-4-6-34(31)49/h3-6,9,12,17,20-21,24,26-30,38,49H,7-8,10-11,13-16,18-19,22-23H2,1-2H3,(H2,41,44)(H,50,51)/t26-,27?,29?,30?,38?/m1/s1. The number of benzene rings is 1. The molecule has 4 fully saturated rings. The molecule has 0 amide bonds. The highest BCUT2D eigenvalue weighted by Gasteiger charge is 2.41. The van der Waals surface area contributed by atoms with E-state index in [0.717, 1.165) is 82.6 Å². The van der Waals surface area contributed by atoms with Gasteiger partial charge in [-0.25, -0.2) is 4.98 Å². The topological polar surface area (TPSA) is 186 Å². The number of anilines is 3. The van der Waals surface area contributed by atoms with Crippen LogP contribution in [0, 0.1) is 5.92 Å². The Hall–Kier alpha value is -5.15. The number of aliphatic carboxylic acids is 1. The Balaban J connectivity index is 0.770. The van der Waals surface area contributed by atoms with Crippen molar-refractivity contribution in [3.63, 3.8) is 0 Å². The van der Waals surface area contributed by atoms with Gasteiger partial charge in [0.05, 0.1) is 23.6 Å². The number of carboxylic acids is 1. The number of carboxylic acid groups (broad SMARTS) is 1. The van der Waals surface area contributed by atoms with Gasteiger partial charge in [-0.15, -0.1) is 10.2 Å². The number of aromatic nitrogens is 4. The summed E-state index contributed by atoms with van der Waals surface area (Å²) in [4.78, 5) is 23.3. The first-order chi connectivity index (χ1) is 26.7. The first-order valence-corrected chi connectivity index (χ1v) is 19.5. The molecule has 3 atom stereocenters. The van der Waals surface area contributed by atoms with Gasteiger partial charge in [-0.05, 0) is 61.0 Å². The fourth-order valence-electron chi connectivity index (χ4n) is 8.55. The minimum atomic E-state index is -0.932. The van der Waals surface area contributed by atoms with Crippen LogP contribution in [0.4, 0.5) is 17.2 Å². The molecular weight excluding hydrogens is 704 g/mol. The van der Waals surface area contributed by atoms with E-state index in [-0.39, 0.29) is 30.0 Å². The van der Waals surface area contributed by atoms with Crippen LogP contribution in [0.5, 0.6) is 17.5 Å². The zero-order chi connectivity index (χ0) is 38.1. The molecule has 292 valence electrons. The maximum Gasteiger partial charge on any atom is 0.314 e. The average molecular weight is 755 g/mol. The first kappa shape index (κ1) is 36.8. The second-order valence-electron chi connectivity index (χ2n) is 15.6. The van der Waals surface area contributed by atoms with Crippen molar-refractivity contribution in [1.29, 1.82) is 0 Å². The SMILES string of the molecule is CC(C)C(C(=O)O)c1cc(OCCN2CCC(OC3CC(Oc4cc(N5C6CC[C@@H]5CN(c5cc(-c7ccccc7O)nnc5N)C6)ccn4)C3)CC2)no1. The Morgan fingerprint density at radius 3 is 2.45 bits per heavy atom. The third-order valence-electron chi connectivity index (χ3n) is 11.5. The van der Waals surface area contributed by atoms with Crippen molar-refractivity contribution in [2.45, 2.75) is 88.7 Å². The van der Waals surface area contributed by atoms with Crippen molar-refractivity contribution >= 4 is 23.2 Å². The number of phenolic OH excluding ortho intramolecular Hbond substituents is 1. The highest BCUT2D eigenvalue weighted by Crippen LogP contribution is 2.40. The molecular formula is C40H50N8O7. The molecule has 3 aliphatic heterocycles. The van der Waals surface area contributed by atoms with Gasteiger partial charge < -0.3 is 44.5 Å². The number of nitrogens with zero attached hydrogens (tertiary/aromatic N) is 7. The number of fused-ring (bicyclic) bond motifs is 2. The summed E-state index contributed by atoms with van der Waals surface area (Å²) < 4.78 is 23.8. The summed E-state index contributed by atoms with van der Waals surface area (Å²) in [6.07, 6.45) is 8.15. The molecule has 8 rings (SSSR count). The number of rotatable bonds is 14. The number of phenols is 1.